The number of hydrogen-bond donors (Lipinski definition) is 0. The normalized spacial score (nSPS) is 10.9. The molecule has 2 aromatic carbocycles. The molecule has 0 aliphatic rings. The van der Waals surface area contributed by atoms with E-state index in [-0.39, 0.29) is 0 Å². The Hall–Kier alpha value is -2.66. The quantitative estimate of drug-likeness (QED) is 0.511. The van der Waals surface area contributed by atoms with Crippen LogP contribution in [0.25, 0.3) is 28.3 Å². The van der Waals surface area contributed by atoms with Gasteiger partial charge in [0.05, 0.1) is 18.5 Å². The summed E-state index contributed by atoms with van der Waals surface area (Å²) in [6.45, 7) is 0. The first-order valence-electron chi connectivity index (χ1n) is 7.50. The van der Waals surface area contributed by atoms with Gasteiger partial charge in [0.2, 0.25) is 5.78 Å². The van der Waals surface area contributed by atoms with Crippen molar-refractivity contribution in [1.29, 1.82) is 0 Å². The Morgan fingerprint density at radius 1 is 0.958 bits per heavy atom. The summed E-state index contributed by atoms with van der Waals surface area (Å²) in [6.07, 6.45) is 3.74. The van der Waals surface area contributed by atoms with E-state index < -0.39 is 0 Å². The molecule has 24 heavy (non-hydrogen) atoms. The number of fused-ring (bicyclic) bond motifs is 1. The van der Waals surface area contributed by atoms with E-state index in [4.69, 9.17) is 9.72 Å². The lowest BCUT2D eigenvalue weighted by molar-refractivity contribution is 0.415. The van der Waals surface area contributed by atoms with Crippen LogP contribution in [0.4, 0.5) is 0 Å². The van der Waals surface area contributed by atoms with E-state index >= 15 is 0 Å². The second-order valence-corrected chi connectivity index (χ2v) is 6.25. The molecule has 4 aromatic rings. The van der Waals surface area contributed by atoms with E-state index in [0.29, 0.717) is 5.78 Å². The highest BCUT2D eigenvalue weighted by Crippen LogP contribution is 2.33. The zero-order chi connectivity index (χ0) is 16.5. The van der Waals surface area contributed by atoms with Crippen LogP contribution in [0.2, 0.25) is 0 Å². The van der Waals surface area contributed by atoms with Crippen molar-refractivity contribution in [3.8, 4) is 28.3 Å². The molecule has 0 amide bonds. The Labute approximate surface area is 147 Å². The van der Waals surface area contributed by atoms with Crippen molar-refractivity contribution < 1.29 is 4.74 Å². The van der Waals surface area contributed by atoms with Crippen LogP contribution in [-0.2, 0) is 0 Å². The van der Waals surface area contributed by atoms with Crippen molar-refractivity contribution >= 4 is 21.7 Å². The Balaban J connectivity index is 1.97. The molecule has 0 unspecified atom stereocenters. The molecule has 118 valence electrons. The Bertz CT molecular complexity index is 991. The van der Waals surface area contributed by atoms with Gasteiger partial charge in [0.15, 0.2) is 0 Å². The molecule has 0 radical (unpaired) electrons. The van der Waals surface area contributed by atoms with Gasteiger partial charge in [-0.05, 0) is 42.5 Å². The summed E-state index contributed by atoms with van der Waals surface area (Å²) >= 11 is 3.49. The average Bonchev–Trinajstić information content (AvgIpc) is 3.02. The summed E-state index contributed by atoms with van der Waals surface area (Å²) in [7, 11) is 1.66. The topological polar surface area (TPSA) is 39.4 Å². The summed E-state index contributed by atoms with van der Waals surface area (Å²) in [4.78, 5) is 9.12. The van der Waals surface area contributed by atoms with Gasteiger partial charge in [0.25, 0.3) is 0 Å². The van der Waals surface area contributed by atoms with Crippen molar-refractivity contribution in [2.75, 3.05) is 7.11 Å². The SMILES string of the molecule is COc1ccc(-c2nc3ncccn3c2-c2ccc(Br)cc2)cc1. The molecule has 2 heterocycles. The number of halogens is 1. The molecule has 0 spiro atoms. The molecule has 4 nitrogen and oxygen atoms in total. The third-order valence-electron chi connectivity index (χ3n) is 3.88. The fraction of sp³-hybridized carbons (Fsp3) is 0.0526. The van der Waals surface area contributed by atoms with Gasteiger partial charge in [-0.15, -0.1) is 0 Å². The molecule has 2 aromatic heterocycles. The zero-order valence-corrected chi connectivity index (χ0v) is 14.6. The highest BCUT2D eigenvalue weighted by atomic mass is 79.9. The largest absolute Gasteiger partial charge is 0.497 e. The standard InChI is InChI=1S/C19H14BrN3O/c1-24-16-9-5-13(6-10-16)17-18(14-3-7-15(20)8-4-14)23-12-2-11-21-19(23)22-17/h2-12H,1H3. The monoisotopic (exact) mass is 379 g/mol. The van der Waals surface area contributed by atoms with Crippen LogP contribution >= 0.6 is 15.9 Å². The number of methoxy groups -OCH3 is 1. The van der Waals surface area contributed by atoms with E-state index in [1.54, 1.807) is 13.3 Å². The third kappa shape index (κ3) is 2.57. The van der Waals surface area contributed by atoms with Crippen molar-refractivity contribution in [2.24, 2.45) is 0 Å². The van der Waals surface area contributed by atoms with Gasteiger partial charge in [-0.3, -0.25) is 4.40 Å². The molecule has 0 fully saturated rings. The minimum atomic E-state index is 0.682. The maximum Gasteiger partial charge on any atom is 0.234 e. The Morgan fingerprint density at radius 3 is 2.38 bits per heavy atom. The fourth-order valence-corrected chi connectivity index (χ4v) is 2.99. The molecule has 0 aliphatic carbocycles. The lowest BCUT2D eigenvalue weighted by atomic mass is 10.0. The first-order valence-corrected chi connectivity index (χ1v) is 8.29. The number of imidazole rings is 1. The predicted molar refractivity (Wildman–Crippen MR) is 98.1 cm³/mol. The third-order valence-corrected chi connectivity index (χ3v) is 4.41. The maximum absolute atomic E-state index is 5.25. The summed E-state index contributed by atoms with van der Waals surface area (Å²) < 4.78 is 8.31. The van der Waals surface area contributed by atoms with E-state index in [1.165, 1.54) is 0 Å². The van der Waals surface area contributed by atoms with Gasteiger partial charge < -0.3 is 4.74 Å². The van der Waals surface area contributed by atoms with Crippen LogP contribution in [0, 0.1) is 0 Å². The van der Waals surface area contributed by atoms with Crippen molar-refractivity contribution in [2.45, 2.75) is 0 Å². The second kappa shape index (κ2) is 6.09. The smallest absolute Gasteiger partial charge is 0.234 e. The van der Waals surface area contributed by atoms with Gasteiger partial charge >= 0.3 is 0 Å². The van der Waals surface area contributed by atoms with Gasteiger partial charge in [0.1, 0.15) is 5.75 Å². The highest BCUT2D eigenvalue weighted by molar-refractivity contribution is 9.10. The predicted octanol–water partition coefficient (Wildman–Crippen LogP) is 4.83. The molecule has 4 rings (SSSR count). The Kier molecular flexibility index (Phi) is 3.78. The fourth-order valence-electron chi connectivity index (χ4n) is 2.72. The van der Waals surface area contributed by atoms with Crippen LogP contribution in [0.3, 0.4) is 0 Å². The van der Waals surface area contributed by atoms with Crippen LogP contribution < -0.4 is 4.74 Å². The summed E-state index contributed by atoms with van der Waals surface area (Å²) in [5.74, 6) is 1.51. The van der Waals surface area contributed by atoms with Crippen LogP contribution in [0.1, 0.15) is 0 Å². The maximum atomic E-state index is 5.25. The van der Waals surface area contributed by atoms with Gasteiger partial charge in [-0.25, -0.2) is 9.97 Å². The number of rotatable bonds is 3. The van der Waals surface area contributed by atoms with Crippen molar-refractivity contribution in [3.05, 3.63) is 71.5 Å². The minimum Gasteiger partial charge on any atom is -0.497 e. The molecule has 0 N–H and O–H groups in total. The summed E-state index contributed by atoms with van der Waals surface area (Å²) in [5, 5.41) is 0. The van der Waals surface area contributed by atoms with Crippen molar-refractivity contribution in [3.63, 3.8) is 0 Å². The zero-order valence-electron chi connectivity index (χ0n) is 13.0. The lowest BCUT2D eigenvalue weighted by Gasteiger charge is -2.06. The van der Waals surface area contributed by atoms with E-state index in [1.807, 2.05) is 53.1 Å². The highest BCUT2D eigenvalue weighted by Gasteiger charge is 2.16. The molecule has 5 heteroatoms. The Morgan fingerprint density at radius 2 is 1.67 bits per heavy atom. The first-order chi connectivity index (χ1) is 11.8. The van der Waals surface area contributed by atoms with E-state index in [9.17, 15) is 0 Å². The first kappa shape index (κ1) is 14.9. The molecular formula is C19H14BrN3O. The van der Waals surface area contributed by atoms with Crippen LogP contribution in [0.15, 0.2) is 71.5 Å². The lowest BCUT2D eigenvalue weighted by Crippen LogP contribution is -1.90. The number of benzene rings is 2. The van der Waals surface area contributed by atoms with Gasteiger partial charge in [-0.2, -0.15) is 0 Å². The number of ether oxygens (including phenoxy) is 1. The van der Waals surface area contributed by atoms with Crippen molar-refractivity contribution in [1.82, 2.24) is 14.4 Å². The molecular weight excluding hydrogens is 366 g/mol. The molecule has 0 atom stereocenters. The van der Waals surface area contributed by atoms with E-state index in [0.717, 1.165) is 32.7 Å². The summed E-state index contributed by atoms with van der Waals surface area (Å²) in [5.41, 5.74) is 4.04. The number of hydrogen-bond acceptors (Lipinski definition) is 3. The second-order valence-electron chi connectivity index (χ2n) is 5.33. The minimum absolute atomic E-state index is 0.682. The number of aromatic nitrogens is 3. The van der Waals surface area contributed by atoms with Crippen LogP contribution in [0.5, 0.6) is 5.75 Å². The molecule has 0 saturated heterocycles. The van der Waals surface area contributed by atoms with Crippen LogP contribution in [-0.4, -0.2) is 21.5 Å². The summed E-state index contributed by atoms with van der Waals surface area (Å²) in [6, 6.07) is 18.0. The molecule has 0 aliphatic heterocycles. The average molecular weight is 380 g/mol. The molecule has 0 saturated carbocycles. The van der Waals surface area contributed by atoms with E-state index in [2.05, 4.69) is 33.0 Å². The number of nitrogens with zero attached hydrogens (tertiary/aromatic N) is 3. The van der Waals surface area contributed by atoms with Gasteiger partial charge in [-0.1, -0.05) is 28.1 Å². The van der Waals surface area contributed by atoms with Gasteiger partial charge in [0, 0.05) is 28.0 Å². The molecule has 0 bridgehead atoms.